The van der Waals surface area contributed by atoms with E-state index in [0.29, 0.717) is 71.9 Å². The maximum atomic E-state index is 15.3. The minimum atomic E-state index is -1.56. The van der Waals surface area contributed by atoms with Crippen molar-refractivity contribution in [3.8, 4) is 0 Å². The van der Waals surface area contributed by atoms with E-state index in [1.165, 1.54) is 59.1 Å². The molecule has 0 spiro atoms. The maximum absolute atomic E-state index is 15.3. The van der Waals surface area contributed by atoms with Gasteiger partial charge in [-0.1, -0.05) is 216 Å². The summed E-state index contributed by atoms with van der Waals surface area (Å²) in [7, 11) is 0. The molecule has 16 amide bonds. The van der Waals surface area contributed by atoms with Crippen LogP contribution in [0.4, 0.5) is 0 Å². The fourth-order valence-electron chi connectivity index (χ4n) is 19.9. The van der Waals surface area contributed by atoms with Gasteiger partial charge in [0, 0.05) is 52.0 Å². The van der Waals surface area contributed by atoms with Gasteiger partial charge in [0.2, 0.25) is 94.5 Å². The molecule has 0 radical (unpaired) electrons. The van der Waals surface area contributed by atoms with Crippen LogP contribution in [-0.4, -0.2) is 265 Å². The highest BCUT2D eigenvalue weighted by Crippen LogP contribution is 2.40. The number of hydrogen-bond donors (Lipinski definition) is 13. The van der Waals surface area contributed by atoms with Crippen molar-refractivity contribution in [3.05, 3.63) is 215 Å². The lowest BCUT2D eigenvalue weighted by molar-refractivity contribution is -0.155. The van der Waals surface area contributed by atoms with Gasteiger partial charge in [-0.25, -0.2) is 4.79 Å². The van der Waals surface area contributed by atoms with E-state index in [1.807, 2.05) is 189 Å². The highest BCUT2D eigenvalue weighted by Gasteiger charge is 2.50. The Kier molecular flexibility index (Phi) is 39.5. The van der Waals surface area contributed by atoms with Gasteiger partial charge in [0.15, 0.2) is 0 Å². The topological polar surface area (TPSA) is 511 Å². The van der Waals surface area contributed by atoms with Crippen LogP contribution in [0, 0.1) is 11.8 Å². The summed E-state index contributed by atoms with van der Waals surface area (Å²) < 4.78 is 5.35. The molecule has 6 aromatic carbocycles. The van der Waals surface area contributed by atoms with Crippen LogP contribution in [0.3, 0.4) is 0 Å². The summed E-state index contributed by atoms with van der Waals surface area (Å²) in [6, 6.07) is 36.6. The van der Waals surface area contributed by atoms with Crippen LogP contribution >= 0.6 is 0 Å². The van der Waals surface area contributed by atoms with Crippen molar-refractivity contribution in [3.63, 3.8) is 0 Å². The van der Waals surface area contributed by atoms with Crippen LogP contribution in [0.25, 0.3) is 0 Å². The number of amides is 16. The zero-order valence-corrected chi connectivity index (χ0v) is 85.4. The van der Waals surface area contributed by atoms with Crippen molar-refractivity contribution in [1.82, 2.24) is 83.0 Å². The lowest BCUT2D eigenvalue weighted by Crippen LogP contribution is -2.60. The van der Waals surface area contributed by atoms with Crippen molar-refractivity contribution >= 4 is 106 Å². The molecule has 37 heteroatoms. The van der Waals surface area contributed by atoms with Crippen molar-refractivity contribution in [1.29, 1.82) is 0 Å². The normalized spacial score (nSPS) is 19.1. The number of carbonyl (C=O) groups is 18. The molecule has 0 aliphatic carbocycles. The third-order valence-corrected chi connectivity index (χ3v) is 27.9. The van der Waals surface area contributed by atoms with Gasteiger partial charge in [-0.15, -0.1) is 0 Å². The molecule has 16 atom stereocenters. The number of carboxylic acids is 1. The summed E-state index contributed by atoms with van der Waals surface area (Å²) in [6.45, 7) is 19.6. The van der Waals surface area contributed by atoms with E-state index in [-0.39, 0.29) is 109 Å². The molecule has 0 saturated carbocycles. The van der Waals surface area contributed by atoms with Gasteiger partial charge >= 0.3 is 11.9 Å². The van der Waals surface area contributed by atoms with Gasteiger partial charge in [-0.2, -0.15) is 0 Å². The van der Waals surface area contributed by atoms with E-state index in [4.69, 9.17) is 10.5 Å². The van der Waals surface area contributed by atoms with Crippen molar-refractivity contribution in [2.45, 2.75) is 306 Å². The zero-order chi connectivity index (χ0) is 106. The molecular formula is C109H143N17O20. The molecule has 5 saturated heterocycles. The van der Waals surface area contributed by atoms with E-state index in [2.05, 4.69) is 58.5 Å². The Morgan fingerprint density at radius 2 is 0.644 bits per heavy atom. The fraction of sp³-hybridized carbons (Fsp3) is 0.505. The molecule has 5 aliphatic heterocycles. The van der Waals surface area contributed by atoms with Crippen LogP contribution in [0.1, 0.15) is 232 Å². The van der Waals surface area contributed by atoms with Crippen molar-refractivity contribution in [2.24, 2.45) is 17.6 Å². The predicted molar refractivity (Wildman–Crippen MR) is 542 cm³/mol. The number of nitrogens with one attached hydrogen (secondary N) is 11. The number of ether oxygens (including phenoxy) is 1. The van der Waals surface area contributed by atoms with Gasteiger partial charge in [0.25, 0.3) is 0 Å². The third kappa shape index (κ3) is 28.3. The van der Waals surface area contributed by atoms with Crippen LogP contribution < -0.4 is 64.2 Å². The van der Waals surface area contributed by atoms with E-state index in [9.17, 15) is 62.6 Å². The first-order valence-electron chi connectivity index (χ1n) is 51.0. The van der Waals surface area contributed by atoms with Crippen LogP contribution in [0.2, 0.25) is 0 Å². The van der Waals surface area contributed by atoms with Crippen molar-refractivity contribution < 1.29 is 96.1 Å². The highest BCUT2D eigenvalue weighted by atomic mass is 16.6. The summed E-state index contributed by atoms with van der Waals surface area (Å²) in [5.41, 5.74) is 7.03. The molecule has 0 bridgehead atoms. The number of benzene rings is 6. The molecule has 5 aliphatic rings. The molecule has 11 rings (SSSR count). The predicted octanol–water partition coefficient (Wildman–Crippen LogP) is 5.81. The first-order valence-corrected chi connectivity index (χ1v) is 51.0. The van der Waals surface area contributed by atoms with Gasteiger partial charge in [0.05, 0.1) is 6.04 Å². The number of esters is 1. The lowest BCUT2D eigenvalue weighted by atomic mass is 9.77. The average Bonchev–Trinajstić information content (AvgIpc) is 0.940. The van der Waals surface area contributed by atoms with E-state index in [0.717, 1.165) is 0 Å². The van der Waals surface area contributed by atoms with Gasteiger partial charge in [0.1, 0.15) is 101 Å². The number of nitrogens with zero attached hydrogens (tertiary/aromatic N) is 5. The lowest BCUT2D eigenvalue weighted by Gasteiger charge is -2.37. The quantitative estimate of drug-likeness (QED) is 0.0158. The third-order valence-electron chi connectivity index (χ3n) is 27.9. The first kappa shape index (κ1) is 112. The van der Waals surface area contributed by atoms with E-state index in [1.54, 1.807) is 41.5 Å². The summed E-state index contributed by atoms with van der Waals surface area (Å²) in [5, 5.41) is 40.5. The number of carboxylic acid groups (broad SMARTS) is 1. The largest absolute Gasteiger partial charge is 0.480 e. The van der Waals surface area contributed by atoms with Crippen LogP contribution in [-0.2, 0) is 102 Å². The summed E-state index contributed by atoms with van der Waals surface area (Å²) in [6.07, 6.45) is 1.31. The van der Waals surface area contributed by atoms with E-state index >= 15 is 28.8 Å². The van der Waals surface area contributed by atoms with Crippen LogP contribution in [0.5, 0.6) is 0 Å². The Morgan fingerprint density at radius 1 is 0.349 bits per heavy atom. The standard InChI is InChI=1S/C109H143N17O20/c1-13-67(4)91(105(143)124-62-34-50-84(124)99(137)117-81(96(134)112-68(5)92(130)111-70(7)94(132)118-82(106(144)145)65-66(2)3)56-58-89(128)121-109(76-43-26-17-27-44-76,77-45-28-18-29-46-77)78-47-30-19-31-48-78)119-100(138)85-51-33-61-123(85)104(142)87-53-35-63-125(87)101(139)71(8)114-93(131)69(6)113-97(135)80(55-57-88(127)120-108(73-37-20-14-21-38-73,74-39-22-15-23-40-74)75-41-24-16-25-42-75)116-98(136)83-49-32-60-122(83)103(141)86-52-36-64-126(86)102(140)72(9)115-95(133)79(110)54-59-90(129)146-107(10,11)12/h14-31,37-48,66-72,79-87,91H,13,32-36,49-65,110H2,1-12H3,(H,111,130)(H,112,134)(H,113,135)(H,114,131)(H,115,133)(H,116,136)(H,117,137)(H,118,132)(H,119,138)(H,120,127)(H,121,128)(H,144,145)/t67-,68-,69-,70-,71-,72-,79-,80-,81-,82-,83-,84-,85-,86+,87+,91-/m0/s1. The summed E-state index contributed by atoms with van der Waals surface area (Å²) in [4.78, 5) is 265. The average molecular weight is 2010 g/mol. The van der Waals surface area contributed by atoms with Crippen molar-refractivity contribution in [2.75, 3.05) is 32.7 Å². The monoisotopic (exact) mass is 2010 g/mol. The number of likely N-dealkylation sites (tertiary alicyclic amines) is 5. The number of carbonyl (C=O) groups excluding carboxylic acids is 17. The Hall–Kier alpha value is -14.3. The Labute approximate surface area is 852 Å². The molecule has 5 heterocycles. The molecule has 5 fully saturated rings. The molecule has 14 N–H and O–H groups in total. The van der Waals surface area contributed by atoms with Gasteiger partial charge in [-0.3, -0.25) is 81.5 Å². The van der Waals surface area contributed by atoms with E-state index < -0.39 is 226 Å². The molecular weight excluding hydrogens is 1870 g/mol. The molecule has 0 aromatic heterocycles. The van der Waals surface area contributed by atoms with Gasteiger partial charge < -0.3 is 98.6 Å². The Bertz CT molecular complexity index is 5410. The second kappa shape index (κ2) is 51.5. The Morgan fingerprint density at radius 3 is 0.973 bits per heavy atom. The SMILES string of the molecule is CC[C@H](C)[C@H](NC(=O)[C@@H]1CCCN1C(=O)[C@H]1CCCN1C(=O)[C@H](C)NC(=O)[C@H](C)NC(=O)[C@H](CCC(=O)NC(c1ccccc1)(c1ccccc1)c1ccccc1)NC(=O)[C@@H]1CCCN1C(=O)[C@H]1CCCN1C(=O)[C@H](C)NC(=O)[C@@H](N)CCC(=O)OC(C)(C)C)C(=O)N1CCC[C@H]1C(=O)N[C@@H](CCC(=O)NC(c1ccccc1)(c1ccccc1)c1ccccc1)C(=O)N[C@@H](C)C(=O)N[C@@H](C)C(=O)N[C@@H](CC(C)C)C(=O)O. The molecule has 784 valence electrons. The smallest absolute Gasteiger partial charge is 0.326 e. The second-order valence-corrected chi connectivity index (χ2v) is 40.2. The number of aliphatic carboxylic acids is 1. The minimum Gasteiger partial charge on any atom is -0.480 e. The summed E-state index contributed by atoms with van der Waals surface area (Å²) >= 11 is 0. The molecule has 6 aromatic rings. The number of hydrogen-bond acceptors (Lipinski definition) is 20. The maximum Gasteiger partial charge on any atom is 0.326 e. The first-order chi connectivity index (χ1) is 69.6. The number of nitrogens with two attached hydrogens (primary N) is 1. The van der Waals surface area contributed by atoms with Gasteiger partial charge in [-0.05, 0) is 190 Å². The number of rotatable bonds is 45. The molecule has 37 nitrogen and oxygen atoms in total. The minimum absolute atomic E-state index is 0.0387. The van der Waals surface area contributed by atoms with Crippen LogP contribution in [0.15, 0.2) is 182 Å². The molecule has 146 heavy (non-hydrogen) atoms. The zero-order valence-electron chi connectivity index (χ0n) is 85.4. The summed E-state index contributed by atoms with van der Waals surface area (Å²) in [5.74, 6) is -13.9. The Balaban J connectivity index is 0.753. The fourth-order valence-corrected chi connectivity index (χ4v) is 19.9. The highest BCUT2D eigenvalue weighted by molar-refractivity contribution is 6.02. The second-order valence-electron chi connectivity index (χ2n) is 40.2. The molecule has 0 unspecified atom stereocenters.